The van der Waals surface area contributed by atoms with Crippen LogP contribution in [0.1, 0.15) is 13.8 Å². The number of rotatable bonds is 1. The summed E-state index contributed by atoms with van der Waals surface area (Å²) in [6, 6.07) is 0. The summed E-state index contributed by atoms with van der Waals surface area (Å²) in [6.07, 6.45) is 2.23. The van der Waals surface area contributed by atoms with Crippen LogP contribution in [-0.2, 0) is 0 Å². The van der Waals surface area contributed by atoms with Gasteiger partial charge in [0, 0.05) is 0 Å². The van der Waals surface area contributed by atoms with Crippen molar-refractivity contribution in [3.8, 4) is 0 Å². The fraction of sp³-hybridized carbons (Fsp3) is 0.714. The lowest BCUT2D eigenvalue weighted by Crippen LogP contribution is -2.21. The zero-order chi connectivity index (χ0) is 6.78. The Bertz CT molecular complexity index is 95.4. The molecule has 1 heteroatoms. The summed E-state index contributed by atoms with van der Waals surface area (Å²) in [5.41, 5.74) is 0. The molecule has 8 heavy (non-hydrogen) atoms. The fourth-order valence-electron chi connectivity index (χ4n) is 0.433. The van der Waals surface area contributed by atoms with Gasteiger partial charge in [-0.3, -0.25) is 0 Å². The van der Waals surface area contributed by atoms with E-state index in [-0.39, 0.29) is 0 Å². The Balaban J connectivity index is 4.03. The van der Waals surface area contributed by atoms with Gasteiger partial charge in [0.05, 0.1) is 8.07 Å². The standard InChI is InChI=1S/C7H16Si/c1-6-7(2)8(3,4)5/h6H,1-5H3/b7-6-. The molecule has 0 N–H and O–H groups in total. The van der Waals surface area contributed by atoms with Gasteiger partial charge in [0.25, 0.3) is 0 Å². The molecule has 0 radical (unpaired) electrons. The van der Waals surface area contributed by atoms with Gasteiger partial charge in [-0.15, -0.1) is 0 Å². The molecule has 0 aliphatic rings. The molecular formula is C7H16Si. The van der Waals surface area contributed by atoms with E-state index in [2.05, 4.69) is 39.6 Å². The zero-order valence-electron chi connectivity index (χ0n) is 6.58. The maximum Gasteiger partial charge on any atom is 0.0716 e. The van der Waals surface area contributed by atoms with E-state index in [1.54, 1.807) is 5.20 Å². The van der Waals surface area contributed by atoms with E-state index in [0.29, 0.717) is 0 Å². The van der Waals surface area contributed by atoms with Gasteiger partial charge in [0.15, 0.2) is 0 Å². The number of allylic oxidation sites excluding steroid dienone is 2. The monoisotopic (exact) mass is 128 g/mol. The predicted octanol–water partition coefficient (Wildman–Crippen LogP) is 2.83. The average molecular weight is 128 g/mol. The lowest BCUT2D eigenvalue weighted by atomic mass is 10.6. The molecule has 0 amide bonds. The van der Waals surface area contributed by atoms with Gasteiger partial charge in [0.2, 0.25) is 0 Å². The second kappa shape index (κ2) is 2.49. The molecule has 0 spiro atoms. The Kier molecular flexibility index (Phi) is 2.48. The molecule has 0 aromatic heterocycles. The van der Waals surface area contributed by atoms with Crippen LogP contribution < -0.4 is 0 Å². The first-order chi connectivity index (χ1) is 3.48. The Morgan fingerprint density at radius 1 is 1.25 bits per heavy atom. The average Bonchev–Trinajstić information content (AvgIpc) is 1.62. The van der Waals surface area contributed by atoms with Crippen molar-refractivity contribution in [2.24, 2.45) is 0 Å². The van der Waals surface area contributed by atoms with Crippen molar-refractivity contribution in [2.45, 2.75) is 33.5 Å². The minimum atomic E-state index is -0.899. The maximum atomic E-state index is 2.36. The molecule has 48 valence electrons. The summed E-state index contributed by atoms with van der Waals surface area (Å²) < 4.78 is 0. The summed E-state index contributed by atoms with van der Waals surface area (Å²) in [6.45, 7) is 11.4. The van der Waals surface area contributed by atoms with Crippen LogP contribution in [0, 0.1) is 0 Å². The zero-order valence-corrected chi connectivity index (χ0v) is 7.58. The molecule has 0 atom stereocenters. The number of hydrogen-bond donors (Lipinski definition) is 0. The van der Waals surface area contributed by atoms with Crippen molar-refractivity contribution in [3.63, 3.8) is 0 Å². The van der Waals surface area contributed by atoms with Crippen LogP contribution in [0.25, 0.3) is 0 Å². The van der Waals surface area contributed by atoms with Crippen LogP contribution in [0.3, 0.4) is 0 Å². The first kappa shape index (κ1) is 7.96. The second-order valence-electron chi connectivity index (χ2n) is 3.22. The van der Waals surface area contributed by atoms with Crippen molar-refractivity contribution < 1.29 is 0 Å². The highest BCUT2D eigenvalue weighted by Crippen LogP contribution is 2.11. The quantitative estimate of drug-likeness (QED) is 0.476. The fourth-order valence-corrected chi connectivity index (χ4v) is 1.30. The van der Waals surface area contributed by atoms with Crippen molar-refractivity contribution in [2.75, 3.05) is 0 Å². The SMILES string of the molecule is C/C=C(/C)[Si](C)(C)C. The van der Waals surface area contributed by atoms with Crippen molar-refractivity contribution in [3.05, 3.63) is 11.3 Å². The van der Waals surface area contributed by atoms with Crippen LogP contribution in [0.15, 0.2) is 11.3 Å². The molecule has 0 heterocycles. The summed E-state index contributed by atoms with van der Waals surface area (Å²) in [7, 11) is -0.899. The van der Waals surface area contributed by atoms with Crippen LogP contribution in [0.4, 0.5) is 0 Å². The Labute approximate surface area is 53.6 Å². The van der Waals surface area contributed by atoms with Crippen LogP contribution >= 0.6 is 0 Å². The predicted molar refractivity (Wildman–Crippen MR) is 42.8 cm³/mol. The Hall–Kier alpha value is -0.0431. The lowest BCUT2D eigenvalue weighted by molar-refractivity contribution is 1.49. The van der Waals surface area contributed by atoms with Crippen LogP contribution in [-0.4, -0.2) is 8.07 Å². The van der Waals surface area contributed by atoms with E-state index < -0.39 is 8.07 Å². The van der Waals surface area contributed by atoms with Gasteiger partial charge in [-0.1, -0.05) is 30.9 Å². The van der Waals surface area contributed by atoms with E-state index in [0.717, 1.165) is 0 Å². The molecule has 0 aliphatic heterocycles. The van der Waals surface area contributed by atoms with E-state index in [9.17, 15) is 0 Å². The highest BCUT2D eigenvalue weighted by molar-refractivity contribution is 6.82. The van der Waals surface area contributed by atoms with E-state index in [1.165, 1.54) is 0 Å². The summed E-state index contributed by atoms with van der Waals surface area (Å²) in [5, 5.41) is 1.59. The van der Waals surface area contributed by atoms with Crippen molar-refractivity contribution in [1.29, 1.82) is 0 Å². The summed E-state index contributed by atoms with van der Waals surface area (Å²) in [4.78, 5) is 0. The second-order valence-corrected chi connectivity index (χ2v) is 8.51. The molecule has 0 unspecified atom stereocenters. The molecule has 0 saturated heterocycles. The topological polar surface area (TPSA) is 0 Å². The third-order valence-electron chi connectivity index (χ3n) is 1.62. The van der Waals surface area contributed by atoms with Crippen molar-refractivity contribution in [1.82, 2.24) is 0 Å². The number of hydrogen-bond acceptors (Lipinski definition) is 0. The lowest BCUT2D eigenvalue weighted by Gasteiger charge is -2.15. The minimum absolute atomic E-state index is 0.899. The third kappa shape index (κ3) is 2.31. The van der Waals surface area contributed by atoms with Crippen LogP contribution in [0.5, 0.6) is 0 Å². The first-order valence-corrected chi connectivity index (χ1v) is 6.62. The highest BCUT2D eigenvalue weighted by atomic mass is 28.3. The first-order valence-electron chi connectivity index (χ1n) is 3.12. The Morgan fingerprint density at radius 2 is 1.62 bits per heavy atom. The van der Waals surface area contributed by atoms with Crippen LogP contribution in [0.2, 0.25) is 19.6 Å². The molecule has 0 saturated carbocycles. The van der Waals surface area contributed by atoms with Gasteiger partial charge in [-0.25, -0.2) is 0 Å². The molecule has 0 fully saturated rings. The van der Waals surface area contributed by atoms with Gasteiger partial charge >= 0.3 is 0 Å². The van der Waals surface area contributed by atoms with Gasteiger partial charge in [-0.2, -0.15) is 0 Å². The van der Waals surface area contributed by atoms with Gasteiger partial charge in [-0.05, 0) is 13.8 Å². The highest BCUT2D eigenvalue weighted by Gasteiger charge is 2.13. The van der Waals surface area contributed by atoms with Gasteiger partial charge < -0.3 is 0 Å². The third-order valence-corrected chi connectivity index (χ3v) is 4.27. The molecular weight excluding hydrogens is 112 g/mol. The molecule has 0 aromatic carbocycles. The molecule has 0 rings (SSSR count). The normalized spacial score (nSPS) is 14.4. The van der Waals surface area contributed by atoms with E-state index >= 15 is 0 Å². The molecule has 0 aliphatic carbocycles. The maximum absolute atomic E-state index is 2.36. The smallest absolute Gasteiger partial charge is 0.0716 e. The Morgan fingerprint density at radius 3 is 1.62 bits per heavy atom. The largest absolute Gasteiger partial charge is 0.0926 e. The van der Waals surface area contributed by atoms with E-state index in [4.69, 9.17) is 0 Å². The van der Waals surface area contributed by atoms with Crippen molar-refractivity contribution >= 4 is 8.07 Å². The summed E-state index contributed by atoms with van der Waals surface area (Å²) in [5.74, 6) is 0. The molecule has 0 aromatic rings. The molecule has 0 nitrogen and oxygen atoms in total. The van der Waals surface area contributed by atoms with Gasteiger partial charge in [0.1, 0.15) is 0 Å². The summed E-state index contributed by atoms with van der Waals surface area (Å²) >= 11 is 0. The minimum Gasteiger partial charge on any atom is -0.0926 e. The molecule has 0 bridgehead atoms. The van der Waals surface area contributed by atoms with E-state index in [1.807, 2.05) is 0 Å².